The zero-order valence-electron chi connectivity index (χ0n) is 18.3. The van der Waals surface area contributed by atoms with Crippen LogP contribution >= 0.6 is 0 Å². The number of esters is 2. The molecular formula is C23H23N5O5. The molecule has 1 aromatic carbocycles. The predicted molar refractivity (Wildman–Crippen MR) is 116 cm³/mol. The Labute approximate surface area is 189 Å². The summed E-state index contributed by atoms with van der Waals surface area (Å²) in [4.78, 5) is 40.5. The molecule has 3 unspecified atom stereocenters. The van der Waals surface area contributed by atoms with E-state index in [1.165, 1.54) is 25.0 Å². The van der Waals surface area contributed by atoms with Crippen molar-refractivity contribution in [3.05, 3.63) is 41.2 Å². The quantitative estimate of drug-likeness (QED) is 0.673. The first-order chi connectivity index (χ1) is 15.9. The molecule has 3 aliphatic rings. The largest absolute Gasteiger partial charge is 0.469 e. The summed E-state index contributed by atoms with van der Waals surface area (Å²) in [5.74, 6) is -1.57. The Morgan fingerprint density at radius 3 is 2.79 bits per heavy atom. The third-order valence-corrected chi connectivity index (χ3v) is 7.17. The summed E-state index contributed by atoms with van der Waals surface area (Å²) < 4.78 is 11.4. The number of carbonyl (C=O) groups is 3. The van der Waals surface area contributed by atoms with Gasteiger partial charge in [-0.1, -0.05) is 0 Å². The number of rotatable bonds is 3. The van der Waals surface area contributed by atoms with Crippen molar-refractivity contribution in [3.8, 4) is 11.8 Å². The van der Waals surface area contributed by atoms with Crippen LogP contribution in [0.4, 0.5) is 11.4 Å². The fourth-order valence-electron chi connectivity index (χ4n) is 5.74. The number of amides is 1. The van der Waals surface area contributed by atoms with E-state index in [4.69, 9.17) is 15.2 Å². The molecule has 3 N–H and O–H groups in total. The van der Waals surface area contributed by atoms with Crippen LogP contribution in [0.2, 0.25) is 0 Å². The first kappa shape index (κ1) is 21.0. The molecule has 10 heteroatoms. The maximum absolute atomic E-state index is 13.4. The van der Waals surface area contributed by atoms with Crippen LogP contribution in [-0.4, -0.2) is 54.1 Å². The first-order valence-electron chi connectivity index (χ1n) is 10.7. The average Bonchev–Trinajstić information content (AvgIpc) is 3.56. The van der Waals surface area contributed by atoms with Gasteiger partial charge in [0.25, 0.3) is 0 Å². The van der Waals surface area contributed by atoms with Crippen LogP contribution in [0.15, 0.2) is 24.4 Å². The smallest absolute Gasteiger partial charge is 0.357 e. The minimum absolute atomic E-state index is 0.0278. The molecule has 2 fully saturated rings. The van der Waals surface area contributed by atoms with Crippen LogP contribution < -0.4 is 11.1 Å². The molecule has 1 spiro atoms. The summed E-state index contributed by atoms with van der Waals surface area (Å²) in [6.07, 6.45) is 3.49. The number of nitrogens with zero attached hydrogens (tertiary/aromatic N) is 3. The molecule has 1 amide bonds. The molecule has 1 aromatic heterocycles. The van der Waals surface area contributed by atoms with Gasteiger partial charge in [-0.15, -0.1) is 0 Å². The number of nitriles is 1. The van der Waals surface area contributed by atoms with E-state index >= 15 is 0 Å². The highest BCUT2D eigenvalue weighted by molar-refractivity contribution is 6.07. The molecule has 4 heterocycles. The van der Waals surface area contributed by atoms with Gasteiger partial charge in [0.05, 0.1) is 31.4 Å². The number of nitrogens with one attached hydrogen (secondary N) is 1. The lowest BCUT2D eigenvalue weighted by Crippen LogP contribution is -2.47. The van der Waals surface area contributed by atoms with Crippen molar-refractivity contribution < 1.29 is 23.9 Å². The normalized spacial score (nSPS) is 25.4. The third kappa shape index (κ3) is 2.72. The number of hydrogen-bond acceptors (Lipinski definition) is 8. The number of methoxy groups -OCH3 is 2. The number of hydrogen-bond donors (Lipinski definition) is 2. The van der Waals surface area contributed by atoms with Crippen molar-refractivity contribution in [2.75, 3.05) is 31.8 Å². The Kier molecular flexibility index (Phi) is 4.68. The highest BCUT2D eigenvalue weighted by Gasteiger charge is 2.63. The second-order valence-corrected chi connectivity index (χ2v) is 8.56. The summed E-state index contributed by atoms with van der Waals surface area (Å²) in [6, 6.07) is 7.23. The molecule has 10 nitrogen and oxygen atoms in total. The standard InChI is InChI=1S/C23H23N5O5/c1-32-20(29)14-9-23(28-7-3-4-17(14)28)15-8-13(5-6-16(15)26-22(23)31)27-11-12(10-24)18(25)19(27)21(30)33-2/h5-6,8,11,14,17H,3-4,7,9,25H2,1-2H3,(H,26,31). The molecule has 2 saturated heterocycles. The van der Waals surface area contributed by atoms with E-state index in [2.05, 4.69) is 10.2 Å². The topological polar surface area (TPSA) is 140 Å². The highest BCUT2D eigenvalue weighted by atomic mass is 16.5. The van der Waals surface area contributed by atoms with Crippen LogP contribution in [-0.2, 0) is 24.6 Å². The Bertz CT molecular complexity index is 1240. The SMILES string of the molecule is COC(=O)c1c(N)c(C#N)cn1-c1ccc2c(c1)C1(CC(C(=O)OC)C3CCCN31)C(=O)N2. The predicted octanol–water partition coefficient (Wildman–Crippen LogP) is 1.52. The van der Waals surface area contributed by atoms with Gasteiger partial charge >= 0.3 is 11.9 Å². The maximum atomic E-state index is 13.4. The Hall–Kier alpha value is -3.84. The minimum Gasteiger partial charge on any atom is -0.469 e. The third-order valence-electron chi connectivity index (χ3n) is 7.17. The van der Waals surface area contributed by atoms with E-state index in [1.807, 2.05) is 12.1 Å². The Morgan fingerprint density at radius 1 is 1.30 bits per heavy atom. The zero-order valence-corrected chi connectivity index (χ0v) is 18.3. The van der Waals surface area contributed by atoms with Crippen molar-refractivity contribution in [1.29, 1.82) is 5.26 Å². The maximum Gasteiger partial charge on any atom is 0.357 e. The molecule has 3 atom stereocenters. The molecule has 33 heavy (non-hydrogen) atoms. The van der Waals surface area contributed by atoms with Gasteiger partial charge in [-0.25, -0.2) is 4.79 Å². The number of nitrogens with two attached hydrogens (primary N) is 1. The second-order valence-electron chi connectivity index (χ2n) is 8.56. The number of nitrogen functional groups attached to an aromatic ring is 1. The van der Waals surface area contributed by atoms with Crippen LogP contribution in [0.25, 0.3) is 5.69 Å². The monoisotopic (exact) mass is 449 g/mol. The molecule has 0 radical (unpaired) electrons. The average molecular weight is 449 g/mol. The molecule has 5 rings (SSSR count). The fourth-order valence-corrected chi connectivity index (χ4v) is 5.74. The first-order valence-corrected chi connectivity index (χ1v) is 10.7. The summed E-state index contributed by atoms with van der Waals surface area (Å²) in [6.45, 7) is 0.692. The van der Waals surface area contributed by atoms with Gasteiger partial charge in [-0.3, -0.25) is 14.5 Å². The lowest BCUT2D eigenvalue weighted by Gasteiger charge is -2.33. The highest BCUT2D eigenvalue weighted by Crippen LogP contribution is 2.54. The van der Waals surface area contributed by atoms with E-state index in [-0.39, 0.29) is 34.9 Å². The second kappa shape index (κ2) is 7.35. The van der Waals surface area contributed by atoms with Crippen LogP contribution in [0.5, 0.6) is 0 Å². The lowest BCUT2D eigenvalue weighted by molar-refractivity contribution is -0.146. The number of fused-ring (bicyclic) bond motifs is 4. The Balaban J connectivity index is 1.67. The van der Waals surface area contributed by atoms with Gasteiger partial charge in [-0.2, -0.15) is 5.26 Å². The summed E-state index contributed by atoms with van der Waals surface area (Å²) in [7, 11) is 2.61. The van der Waals surface area contributed by atoms with Crippen LogP contribution in [0.1, 0.15) is 40.9 Å². The van der Waals surface area contributed by atoms with E-state index in [0.29, 0.717) is 24.3 Å². The van der Waals surface area contributed by atoms with E-state index in [9.17, 15) is 19.6 Å². The van der Waals surface area contributed by atoms with Gasteiger partial charge in [-0.05, 0) is 44.0 Å². The van der Waals surface area contributed by atoms with Crippen molar-refractivity contribution >= 4 is 29.2 Å². The molecule has 0 saturated carbocycles. The molecule has 0 aliphatic carbocycles. The van der Waals surface area contributed by atoms with Gasteiger partial charge in [0, 0.05) is 29.2 Å². The van der Waals surface area contributed by atoms with Gasteiger partial charge in [0.2, 0.25) is 5.91 Å². The van der Waals surface area contributed by atoms with E-state index in [1.54, 1.807) is 12.1 Å². The summed E-state index contributed by atoms with van der Waals surface area (Å²) in [5.41, 5.74) is 7.18. The van der Waals surface area contributed by atoms with E-state index in [0.717, 1.165) is 18.4 Å². The summed E-state index contributed by atoms with van der Waals surface area (Å²) >= 11 is 0. The lowest BCUT2D eigenvalue weighted by atomic mass is 9.84. The number of benzene rings is 1. The molecule has 2 aromatic rings. The van der Waals surface area contributed by atoms with Crippen molar-refractivity contribution in [1.82, 2.24) is 9.47 Å². The molecular weight excluding hydrogens is 426 g/mol. The number of carbonyl (C=O) groups excluding carboxylic acids is 3. The number of anilines is 2. The van der Waals surface area contributed by atoms with Crippen LogP contribution in [0, 0.1) is 17.2 Å². The van der Waals surface area contributed by atoms with E-state index < -0.39 is 17.4 Å². The van der Waals surface area contributed by atoms with Crippen molar-refractivity contribution in [3.63, 3.8) is 0 Å². The fraction of sp³-hybridized carbons (Fsp3) is 0.391. The number of aromatic nitrogens is 1. The van der Waals surface area contributed by atoms with Crippen molar-refractivity contribution in [2.45, 2.75) is 30.8 Å². The number of ether oxygens (including phenoxy) is 2. The summed E-state index contributed by atoms with van der Waals surface area (Å²) in [5, 5.41) is 12.4. The molecule has 0 bridgehead atoms. The van der Waals surface area contributed by atoms with Crippen molar-refractivity contribution in [2.24, 2.45) is 5.92 Å². The van der Waals surface area contributed by atoms with Gasteiger partial charge < -0.3 is 25.1 Å². The van der Waals surface area contributed by atoms with Crippen LogP contribution in [0.3, 0.4) is 0 Å². The van der Waals surface area contributed by atoms with Gasteiger partial charge in [0.15, 0.2) is 5.69 Å². The minimum atomic E-state index is -1.01. The zero-order chi connectivity index (χ0) is 23.5. The Morgan fingerprint density at radius 2 is 2.09 bits per heavy atom. The van der Waals surface area contributed by atoms with Gasteiger partial charge in [0.1, 0.15) is 11.6 Å². The molecule has 3 aliphatic heterocycles. The molecule has 170 valence electrons.